The van der Waals surface area contributed by atoms with Crippen molar-refractivity contribution in [3.63, 3.8) is 0 Å². The van der Waals surface area contributed by atoms with E-state index in [4.69, 9.17) is 9.47 Å². The number of hydrogen-bond acceptors (Lipinski definition) is 3. The second-order valence-corrected chi connectivity index (χ2v) is 4.91. The van der Waals surface area contributed by atoms with E-state index in [1.807, 2.05) is 25.1 Å². The molecule has 1 amide bonds. The van der Waals surface area contributed by atoms with E-state index >= 15 is 0 Å². The molecule has 0 fully saturated rings. The van der Waals surface area contributed by atoms with Crippen LogP contribution in [0.5, 0.6) is 11.5 Å². The third-order valence-corrected chi connectivity index (χ3v) is 3.17. The molecule has 1 aromatic rings. The summed E-state index contributed by atoms with van der Waals surface area (Å²) in [6.07, 6.45) is -0.568. The van der Waals surface area contributed by atoms with Gasteiger partial charge in [-0.25, -0.2) is 0 Å². The molecule has 0 saturated heterocycles. The van der Waals surface area contributed by atoms with Crippen LogP contribution in [0.25, 0.3) is 0 Å². The van der Waals surface area contributed by atoms with Gasteiger partial charge in [0.25, 0.3) is 5.91 Å². The van der Waals surface area contributed by atoms with Crippen LogP contribution < -0.4 is 14.8 Å². The van der Waals surface area contributed by atoms with Crippen LogP contribution in [0.1, 0.15) is 20.8 Å². The van der Waals surface area contributed by atoms with Crippen molar-refractivity contribution in [3.05, 3.63) is 24.3 Å². The van der Waals surface area contributed by atoms with Crippen molar-refractivity contribution in [2.75, 3.05) is 6.61 Å². The van der Waals surface area contributed by atoms with E-state index in [2.05, 4.69) is 19.2 Å². The number of benzene rings is 1. The minimum atomic E-state index is -0.568. The predicted octanol–water partition coefficient (Wildman–Crippen LogP) is 1.99. The SMILES string of the molecule is CC(C)[C@H](C)NC(=O)[C@@H]1COc2ccccc2O1. The highest BCUT2D eigenvalue weighted by atomic mass is 16.6. The third kappa shape index (κ3) is 2.75. The monoisotopic (exact) mass is 249 g/mol. The van der Waals surface area contributed by atoms with Gasteiger partial charge < -0.3 is 14.8 Å². The lowest BCUT2D eigenvalue weighted by atomic mass is 10.1. The first-order valence-corrected chi connectivity index (χ1v) is 6.27. The zero-order chi connectivity index (χ0) is 13.1. The number of hydrogen-bond donors (Lipinski definition) is 1. The Morgan fingerprint density at radius 2 is 1.94 bits per heavy atom. The minimum absolute atomic E-state index is 0.120. The van der Waals surface area contributed by atoms with Gasteiger partial charge in [-0.05, 0) is 25.0 Å². The van der Waals surface area contributed by atoms with Gasteiger partial charge in [0, 0.05) is 6.04 Å². The molecule has 0 bridgehead atoms. The molecular formula is C14H19NO3. The average molecular weight is 249 g/mol. The maximum atomic E-state index is 12.0. The molecule has 1 aliphatic rings. The maximum absolute atomic E-state index is 12.0. The molecule has 1 aliphatic heterocycles. The topological polar surface area (TPSA) is 47.6 Å². The van der Waals surface area contributed by atoms with Crippen LogP contribution in [-0.4, -0.2) is 24.7 Å². The molecular weight excluding hydrogens is 230 g/mol. The van der Waals surface area contributed by atoms with E-state index in [0.29, 0.717) is 17.4 Å². The molecule has 0 aliphatic carbocycles. The summed E-state index contributed by atoms with van der Waals surface area (Å²) in [5.41, 5.74) is 0. The summed E-state index contributed by atoms with van der Waals surface area (Å²) in [7, 11) is 0. The number of nitrogens with one attached hydrogen (secondary N) is 1. The molecule has 1 N–H and O–H groups in total. The van der Waals surface area contributed by atoms with E-state index < -0.39 is 6.10 Å². The fraction of sp³-hybridized carbons (Fsp3) is 0.500. The average Bonchev–Trinajstić information content (AvgIpc) is 2.37. The van der Waals surface area contributed by atoms with Gasteiger partial charge in [-0.15, -0.1) is 0 Å². The molecule has 1 aromatic carbocycles. The zero-order valence-corrected chi connectivity index (χ0v) is 11.0. The molecule has 0 aromatic heterocycles. The fourth-order valence-electron chi connectivity index (χ4n) is 1.63. The van der Waals surface area contributed by atoms with E-state index in [1.54, 1.807) is 6.07 Å². The number of carbonyl (C=O) groups is 1. The molecule has 4 nitrogen and oxygen atoms in total. The Kier molecular flexibility index (Phi) is 3.75. The number of para-hydroxylation sites is 2. The molecule has 0 saturated carbocycles. The van der Waals surface area contributed by atoms with Crippen molar-refractivity contribution < 1.29 is 14.3 Å². The fourth-order valence-corrected chi connectivity index (χ4v) is 1.63. The van der Waals surface area contributed by atoms with Crippen LogP contribution in [0.4, 0.5) is 0 Å². The van der Waals surface area contributed by atoms with Gasteiger partial charge in [0.1, 0.15) is 6.61 Å². The van der Waals surface area contributed by atoms with Gasteiger partial charge >= 0.3 is 0 Å². The standard InChI is InChI=1S/C14H19NO3/c1-9(2)10(3)15-14(16)13-8-17-11-6-4-5-7-12(11)18-13/h4-7,9-10,13H,8H2,1-3H3,(H,15,16)/t10-,13-/m0/s1. The Morgan fingerprint density at radius 1 is 1.28 bits per heavy atom. The highest BCUT2D eigenvalue weighted by molar-refractivity contribution is 5.82. The smallest absolute Gasteiger partial charge is 0.264 e. The molecule has 4 heteroatoms. The Balaban J connectivity index is 1.98. The molecule has 0 radical (unpaired) electrons. The lowest BCUT2D eigenvalue weighted by Gasteiger charge is -2.27. The summed E-state index contributed by atoms with van der Waals surface area (Å²) in [5, 5.41) is 2.94. The molecule has 1 heterocycles. The van der Waals surface area contributed by atoms with E-state index in [-0.39, 0.29) is 18.6 Å². The number of rotatable bonds is 3. The predicted molar refractivity (Wildman–Crippen MR) is 68.8 cm³/mol. The second-order valence-electron chi connectivity index (χ2n) is 4.91. The van der Waals surface area contributed by atoms with Gasteiger partial charge in [-0.2, -0.15) is 0 Å². The van der Waals surface area contributed by atoms with Crippen molar-refractivity contribution in [2.45, 2.75) is 32.9 Å². The van der Waals surface area contributed by atoms with Crippen LogP contribution in [-0.2, 0) is 4.79 Å². The quantitative estimate of drug-likeness (QED) is 0.891. The molecule has 0 spiro atoms. The van der Waals surface area contributed by atoms with Gasteiger partial charge in [-0.3, -0.25) is 4.79 Å². The Bertz CT molecular complexity index is 431. The van der Waals surface area contributed by atoms with Crippen molar-refractivity contribution in [2.24, 2.45) is 5.92 Å². The Morgan fingerprint density at radius 3 is 2.61 bits per heavy atom. The van der Waals surface area contributed by atoms with Crippen molar-refractivity contribution in [3.8, 4) is 11.5 Å². The highest BCUT2D eigenvalue weighted by Crippen LogP contribution is 2.30. The first-order chi connectivity index (χ1) is 8.58. The highest BCUT2D eigenvalue weighted by Gasteiger charge is 2.28. The van der Waals surface area contributed by atoms with Crippen molar-refractivity contribution >= 4 is 5.91 Å². The van der Waals surface area contributed by atoms with Crippen molar-refractivity contribution in [1.82, 2.24) is 5.32 Å². The van der Waals surface area contributed by atoms with E-state index in [0.717, 1.165) is 0 Å². The molecule has 0 unspecified atom stereocenters. The van der Waals surface area contributed by atoms with Crippen LogP contribution in [0, 0.1) is 5.92 Å². The number of carbonyl (C=O) groups excluding carboxylic acids is 1. The summed E-state index contributed by atoms with van der Waals surface area (Å²) >= 11 is 0. The lowest BCUT2D eigenvalue weighted by molar-refractivity contribution is -0.131. The Hall–Kier alpha value is -1.71. The van der Waals surface area contributed by atoms with Crippen molar-refractivity contribution in [1.29, 1.82) is 0 Å². The molecule has 2 rings (SSSR count). The van der Waals surface area contributed by atoms with Gasteiger partial charge in [-0.1, -0.05) is 26.0 Å². The first kappa shape index (κ1) is 12.7. The number of fused-ring (bicyclic) bond motifs is 1. The third-order valence-electron chi connectivity index (χ3n) is 3.17. The molecule has 18 heavy (non-hydrogen) atoms. The summed E-state index contributed by atoms with van der Waals surface area (Å²) < 4.78 is 11.2. The molecule has 98 valence electrons. The minimum Gasteiger partial charge on any atom is -0.485 e. The summed E-state index contributed by atoms with van der Waals surface area (Å²) in [6.45, 7) is 6.38. The number of ether oxygens (including phenoxy) is 2. The van der Waals surface area contributed by atoms with E-state index in [1.165, 1.54) is 0 Å². The van der Waals surface area contributed by atoms with Gasteiger partial charge in [0.05, 0.1) is 0 Å². The zero-order valence-electron chi connectivity index (χ0n) is 11.0. The van der Waals surface area contributed by atoms with E-state index in [9.17, 15) is 4.79 Å². The summed E-state index contributed by atoms with van der Waals surface area (Å²) in [5.74, 6) is 1.59. The first-order valence-electron chi connectivity index (χ1n) is 6.27. The van der Waals surface area contributed by atoms with Gasteiger partial charge in [0.2, 0.25) is 6.10 Å². The van der Waals surface area contributed by atoms with Crippen LogP contribution >= 0.6 is 0 Å². The van der Waals surface area contributed by atoms with Crippen LogP contribution in [0.2, 0.25) is 0 Å². The lowest BCUT2D eigenvalue weighted by Crippen LogP contribution is -2.48. The van der Waals surface area contributed by atoms with Crippen LogP contribution in [0.15, 0.2) is 24.3 Å². The summed E-state index contributed by atoms with van der Waals surface area (Å²) in [6, 6.07) is 7.50. The summed E-state index contributed by atoms with van der Waals surface area (Å²) in [4.78, 5) is 12.0. The largest absolute Gasteiger partial charge is 0.485 e. The van der Waals surface area contributed by atoms with Crippen LogP contribution in [0.3, 0.4) is 0 Å². The maximum Gasteiger partial charge on any atom is 0.264 e. The number of amides is 1. The Labute approximate surface area is 107 Å². The normalized spacial score (nSPS) is 19.4. The van der Waals surface area contributed by atoms with Gasteiger partial charge in [0.15, 0.2) is 11.5 Å². The molecule has 2 atom stereocenters. The second kappa shape index (κ2) is 5.29.